The van der Waals surface area contributed by atoms with E-state index >= 15 is 0 Å². The van der Waals surface area contributed by atoms with Crippen molar-refractivity contribution in [2.75, 3.05) is 6.54 Å². The zero-order valence-corrected chi connectivity index (χ0v) is 10.4. The van der Waals surface area contributed by atoms with Gasteiger partial charge in [0.15, 0.2) is 0 Å². The van der Waals surface area contributed by atoms with E-state index in [2.05, 4.69) is 29.5 Å². The van der Waals surface area contributed by atoms with Crippen molar-refractivity contribution in [3.8, 4) is 0 Å². The van der Waals surface area contributed by atoms with Crippen molar-refractivity contribution in [2.45, 2.75) is 39.7 Å². The van der Waals surface area contributed by atoms with Gasteiger partial charge in [-0.3, -0.25) is 0 Å². The highest BCUT2D eigenvalue weighted by atomic mass is 32.1. The summed E-state index contributed by atoms with van der Waals surface area (Å²) in [7, 11) is 0. The predicted molar refractivity (Wildman–Crippen MR) is 65.1 cm³/mol. The van der Waals surface area contributed by atoms with Crippen LogP contribution in [0.25, 0.3) is 0 Å². The lowest BCUT2D eigenvalue weighted by Crippen LogP contribution is -2.20. The maximum Gasteiger partial charge on any atom is 0.107 e. The van der Waals surface area contributed by atoms with Crippen LogP contribution < -0.4 is 5.32 Å². The first-order valence-electron chi connectivity index (χ1n) is 5.85. The highest BCUT2D eigenvalue weighted by Crippen LogP contribution is 2.29. The number of hydrogen-bond acceptors (Lipinski definition) is 3. The maximum absolute atomic E-state index is 4.45. The number of aromatic nitrogens is 1. The molecule has 0 saturated heterocycles. The van der Waals surface area contributed by atoms with Crippen molar-refractivity contribution in [3.05, 3.63) is 16.1 Å². The summed E-state index contributed by atoms with van der Waals surface area (Å²) in [4.78, 5) is 4.45. The molecule has 1 aliphatic carbocycles. The van der Waals surface area contributed by atoms with Crippen LogP contribution in [0.2, 0.25) is 0 Å². The van der Waals surface area contributed by atoms with E-state index in [0.29, 0.717) is 0 Å². The Hall–Kier alpha value is -0.410. The van der Waals surface area contributed by atoms with Crippen LogP contribution >= 0.6 is 11.3 Å². The quantitative estimate of drug-likeness (QED) is 0.850. The number of thiazole rings is 1. The minimum atomic E-state index is 0.904. The van der Waals surface area contributed by atoms with Gasteiger partial charge in [0, 0.05) is 17.6 Å². The molecular formula is C12H20N2S. The Bertz CT molecular complexity index is 308. The summed E-state index contributed by atoms with van der Waals surface area (Å²) in [5, 5.41) is 6.87. The average molecular weight is 224 g/mol. The smallest absolute Gasteiger partial charge is 0.107 e. The SMILES string of the molecule is Cc1csc(CNCC2CCC(C)C2)n1. The molecule has 1 saturated carbocycles. The molecule has 2 rings (SSSR count). The number of nitrogens with zero attached hydrogens (tertiary/aromatic N) is 1. The van der Waals surface area contributed by atoms with E-state index in [9.17, 15) is 0 Å². The molecule has 0 radical (unpaired) electrons. The molecule has 1 aliphatic rings. The van der Waals surface area contributed by atoms with Gasteiger partial charge in [-0.25, -0.2) is 4.98 Å². The third-order valence-corrected chi connectivity index (χ3v) is 4.15. The summed E-state index contributed by atoms with van der Waals surface area (Å²) < 4.78 is 0. The molecule has 2 atom stereocenters. The third kappa shape index (κ3) is 3.28. The molecule has 0 bridgehead atoms. The molecule has 84 valence electrons. The molecule has 1 aromatic heterocycles. The molecule has 0 aliphatic heterocycles. The van der Waals surface area contributed by atoms with Gasteiger partial charge in [-0.15, -0.1) is 11.3 Å². The first-order chi connectivity index (χ1) is 7.24. The van der Waals surface area contributed by atoms with E-state index in [1.807, 2.05) is 0 Å². The second-order valence-corrected chi connectivity index (χ2v) is 5.74. The second kappa shape index (κ2) is 5.08. The largest absolute Gasteiger partial charge is 0.310 e. The molecule has 15 heavy (non-hydrogen) atoms. The monoisotopic (exact) mass is 224 g/mol. The average Bonchev–Trinajstić information content (AvgIpc) is 2.76. The van der Waals surface area contributed by atoms with Gasteiger partial charge in [-0.2, -0.15) is 0 Å². The topological polar surface area (TPSA) is 24.9 Å². The summed E-state index contributed by atoms with van der Waals surface area (Å²) in [6, 6.07) is 0. The van der Waals surface area contributed by atoms with Gasteiger partial charge in [0.25, 0.3) is 0 Å². The molecule has 1 N–H and O–H groups in total. The summed E-state index contributed by atoms with van der Waals surface area (Å²) >= 11 is 1.76. The molecule has 0 aromatic carbocycles. The Morgan fingerprint density at radius 2 is 2.40 bits per heavy atom. The van der Waals surface area contributed by atoms with Crippen LogP contribution in [-0.4, -0.2) is 11.5 Å². The minimum Gasteiger partial charge on any atom is -0.310 e. The predicted octanol–water partition coefficient (Wildman–Crippen LogP) is 2.98. The van der Waals surface area contributed by atoms with Gasteiger partial charge in [0.05, 0.1) is 0 Å². The number of hydrogen-bond donors (Lipinski definition) is 1. The zero-order chi connectivity index (χ0) is 10.7. The van der Waals surface area contributed by atoms with E-state index in [4.69, 9.17) is 0 Å². The standard InChI is InChI=1S/C12H20N2S/c1-9-3-4-11(5-9)6-13-7-12-14-10(2)8-15-12/h8-9,11,13H,3-7H2,1-2H3. The van der Waals surface area contributed by atoms with Gasteiger partial charge in [-0.05, 0) is 38.1 Å². The molecule has 1 heterocycles. The molecular weight excluding hydrogens is 204 g/mol. The summed E-state index contributed by atoms with van der Waals surface area (Å²) in [5.74, 6) is 1.85. The molecule has 2 unspecified atom stereocenters. The lowest BCUT2D eigenvalue weighted by Gasteiger charge is -2.09. The van der Waals surface area contributed by atoms with Crippen LogP contribution in [0.5, 0.6) is 0 Å². The maximum atomic E-state index is 4.45. The Labute approximate surface area is 96.1 Å². The van der Waals surface area contributed by atoms with Crippen LogP contribution in [0.4, 0.5) is 0 Å². The van der Waals surface area contributed by atoms with Crippen LogP contribution in [0.15, 0.2) is 5.38 Å². The molecule has 3 heteroatoms. The van der Waals surface area contributed by atoms with Crippen molar-refractivity contribution in [2.24, 2.45) is 11.8 Å². The number of aryl methyl sites for hydroxylation is 1. The molecule has 1 fully saturated rings. The van der Waals surface area contributed by atoms with Crippen LogP contribution in [0, 0.1) is 18.8 Å². The van der Waals surface area contributed by atoms with Gasteiger partial charge in [-0.1, -0.05) is 13.3 Å². The third-order valence-electron chi connectivity index (χ3n) is 3.18. The Morgan fingerprint density at radius 3 is 3.00 bits per heavy atom. The lowest BCUT2D eigenvalue weighted by atomic mass is 10.1. The zero-order valence-electron chi connectivity index (χ0n) is 9.62. The highest BCUT2D eigenvalue weighted by molar-refractivity contribution is 7.09. The van der Waals surface area contributed by atoms with Crippen LogP contribution in [0.1, 0.15) is 36.9 Å². The van der Waals surface area contributed by atoms with E-state index < -0.39 is 0 Å². The van der Waals surface area contributed by atoms with E-state index in [0.717, 1.165) is 24.1 Å². The highest BCUT2D eigenvalue weighted by Gasteiger charge is 2.20. The fraction of sp³-hybridized carbons (Fsp3) is 0.750. The normalized spacial score (nSPS) is 26.0. The fourth-order valence-corrected chi connectivity index (χ4v) is 3.12. The minimum absolute atomic E-state index is 0.904. The van der Waals surface area contributed by atoms with E-state index in [1.165, 1.54) is 30.8 Å². The Kier molecular flexibility index (Phi) is 3.76. The van der Waals surface area contributed by atoms with E-state index in [1.54, 1.807) is 11.3 Å². The molecule has 2 nitrogen and oxygen atoms in total. The molecule has 0 amide bonds. The lowest BCUT2D eigenvalue weighted by molar-refractivity contribution is 0.470. The summed E-state index contributed by atoms with van der Waals surface area (Å²) in [6.45, 7) is 6.54. The van der Waals surface area contributed by atoms with Gasteiger partial charge < -0.3 is 5.32 Å². The van der Waals surface area contributed by atoms with Gasteiger partial charge >= 0.3 is 0 Å². The summed E-state index contributed by atoms with van der Waals surface area (Å²) in [6.07, 6.45) is 4.23. The molecule has 0 spiro atoms. The first-order valence-corrected chi connectivity index (χ1v) is 6.73. The van der Waals surface area contributed by atoms with Crippen molar-refractivity contribution in [1.82, 2.24) is 10.3 Å². The van der Waals surface area contributed by atoms with Crippen molar-refractivity contribution < 1.29 is 0 Å². The first kappa shape index (κ1) is 11.1. The fourth-order valence-electron chi connectivity index (χ4n) is 2.38. The second-order valence-electron chi connectivity index (χ2n) is 4.80. The van der Waals surface area contributed by atoms with Crippen molar-refractivity contribution >= 4 is 11.3 Å². The molecule has 1 aromatic rings. The van der Waals surface area contributed by atoms with Crippen LogP contribution in [0.3, 0.4) is 0 Å². The van der Waals surface area contributed by atoms with Gasteiger partial charge in [0.1, 0.15) is 5.01 Å². The Balaban J connectivity index is 1.67. The summed E-state index contributed by atoms with van der Waals surface area (Å²) in [5.41, 5.74) is 1.14. The van der Waals surface area contributed by atoms with E-state index in [-0.39, 0.29) is 0 Å². The van der Waals surface area contributed by atoms with Gasteiger partial charge in [0.2, 0.25) is 0 Å². The number of rotatable bonds is 4. The van der Waals surface area contributed by atoms with Crippen LogP contribution in [-0.2, 0) is 6.54 Å². The van der Waals surface area contributed by atoms with Crippen molar-refractivity contribution in [3.63, 3.8) is 0 Å². The number of nitrogens with one attached hydrogen (secondary N) is 1. The Morgan fingerprint density at radius 1 is 1.53 bits per heavy atom. The van der Waals surface area contributed by atoms with Crippen molar-refractivity contribution in [1.29, 1.82) is 0 Å².